The molecule has 0 saturated heterocycles. The fraction of sp³-hybridized carbons (Fsp3) is 0.467. The normalized spacial score (nSPS) is 19.8. The van der Waals surface area contributed by atoms with Crippen LogP contribution in [0.15, 0.2) is 24.3 Å². The van der Waals surface area contributed by atoms with Crippen molar-refractivity contribution in [3.8, 4) is 5.75 Å². The van der Waals surface area contributed by atoms with E-state index >= 15 is 0 Å². The first kappa shape index (κ1) is 31.8. The van der Waals surface area contributed by atoms with Crippen LogP contribution >= 0.6 is 0 Å². The summed E-state index contributed by atoms with van der Waals surface area (Å²) in [5.74, 6) is -4.02. The van der Waals surface area contributed by atoms with Crippen LogP contribution in [0.1, 0.15) is 54.3 Å². The first-order chi connectivity index (χ1) is 20.3. The molecule has 0 heterocycles. The molecule has 1 saturated carbocycles. The minimum atomic E-state index is -2.33. The molecule has 2 aromatic carbocycles. The van der Waals surface area contributed by atoms with Gasteiger partial charge in [-0.1, -0.05) is 24.3 Å². The lowest BCUT2D eigenvalue weighted by Gasteiger charge is -2.42. The standard InChI is InChI=1S/C30H35NO11Si/c1-7-38-28(35)31(29(36)39-8-2)24-17-12-10-11-13-18(17)27(41-30(37)40-9-3)23-22(24)26(34)21-19(25(23)33)14-16(32)15-20(21)42-43(4,5)6/h10-13,19-21H,7-9,14-15H2,1-6H3/t19-,20+,21-/m1/s1. The molecule has 0 unspecified atom stereocenters. The van der Waals surface area contributed by atoms with Crippen molar-refractivity contribution in [3.63, 3.8) is 0 Å². The Kier molecular flexibility index (Phi) is 9.35. The summed E-state index contributed by atoms with van der Waals surface area (Å²) in [4.78, 5) is 81.8. The number of hydrogen-bond donors (Lipinski definition) is 0. The average Bonchev–Trinajstić information content (AvgIpc) is 2.92. The van der Waals surface area contributed by atoms with Gasteiger partial charge in [0.2, 0.25) is 0 Å². The van der Waals surface area contributed by atoms with Gasteiger partial charge in [0.25, 0.3) is 0 Å². The predicted octanol–water partition coefficient (Wildman–Crippen LogP) is 5.69. The van der Waals surface area contributed by atoms with Crippen LogP contribution in [0.2, 0.25) is 19.6 Å². The Balaban J connectivity index is 2.12. The van der Waals surface area contributed by atoms with E-state index in [4.69, 9.17) is 23.4 Å². The molecule has 2 aliphatic carbocycles. The molecule has 0 aromatic heterocycles. The van der Waals surface area contributed by atoms with Crippen molar-refractivity contribution < 1.29 is 52.1 Å². The molecule has 0 N–H and O–H groups in total. The summed E-state index contributed by atoms with van der Waals surface area (Å²) in [7, 11) is -2.33. The number of rotatable bonds is 7. The highest BCUT2D eigenvalue weighted by Gasteiger charge is 2.54. The number of benzene rings is 2. The van der Waals surface area contributed by atoms with Crippen molar-refractivity contribution in [1.82, 2.24) is 0 Å². The molecule has 0 aliphatic heterocycles. The molecule has 2 amide bonds. The Hall–Kier alpha value is -4.10. The minimum Gasteiger partial charge on any atom is -0.449 e. The number of Topliss-reactive ketones (excluding diaryl/α,β-unsaturated/α-hetero) is 3. The summed E-state index contributed by atoms with van der Waals surface area (Å²) >= 11 is 0. The maximum Gasteiger partial charge on any atom is 0.513 e. The number of imide groups is 1. The van der Waals surface area contributed by atoms with E-state index in [1.807, 2.05) is 19.6 Å². The van der Waals surface area contributed by atoms with Crippen LogP contribution in [0.25, 0.3) is 10.8 Å². The number of fused-ring (bicyclic) bond motifs is 3. The molecule has 2 aromatic rings. The summed E-state index contributed by atoms with van der Waals surface area (Å²) in [5.41, 5.74) is -0.920. The van der Waals surface area contributed by atoms with Gasteiger partial charge < -0.3 is 23.4 Å². The summed E-state index contributed by atoms with van der Waals surface area (Å²) in [5, 5.41) is 0.273. The molecular weight excluding hydrogens is 578 g/mol. The van der Waals surface area contributed by atoms with E-state index in [1.54, 1.807) is 32.9 Å². The van der Waals surface area contributed by atoms with Crippen molar-refractivity contribution >= 4 is 60.5 Å². The highest BCUT2D eigenvalue weighted by atomic mass is 28.4. The minimum absolute atomic E-state index is 0.0294. The van der Waals surface area contributed by atoms with Crippen LogP contribution in [0, 0.1) is 11.8 Å². The summed E-state index contributed by atoms with van der Waals surface area (Å²) in [6, 6.07) is 6.21. The largest absolute Gasteiger partial charge is 0.513 e. The van der Waals surface area contributed by atoms with E-state index in [0.29, 0.717) is 4.90 Å². The van der Waals surface area contributed by atoms with Gasteiger partial charge in [0, 0.05) is 29.5 Å². The fourth-order valence-corrected chi connectivity index (χ4v) is 6.80. The lowest BCUT2D eigenvalue weighted by molar-refractivity contribution is -0.125. The molecule has 4 rings (SSSR count). The highest BCUT2D eigenvalue weighted by molar-refractivity contribution is 6.69. The van der Waals surface area contributed by atoms with Gasteiger partial charge in [-0.2, -0.15) is 4.90 Å². The second kappa shape index (κ2) is 12.6. The SMILES string of the molecule is CCOC(=O)Oc1c2c(c(N(C(=O)OCC)C(=O)OCC)c3ccccc13)C(=O)[C@H]1[C@@H](O[Si](C)(C)C)CC(=O)C[C@H]1C2=O. The third-order valence-corrected chi connectivity index (χ3v) is 8.07. The van der Waals surface area contributed by atoms with E-state index in [1.165, 1.54) is 12.1 Å². The molecule has 1 fully saturated rings. The predicted molar refractivity (Wildman–Crippen MR) is 156 cm³/mol. The molecule has 3 atom stereocenters. The van der Waals surface area contributed by atoms with Gasteiger partial charge >= 0.3 is 18.3 Å². The van der Waals surface area contributed by atoms with E-state index in [-0.39, 0.29) is 71.8 Å². The summed E-state index contributed by atoms with van der Waals surface area (Å²) < 4.78 is 27.2. The van der Waals surface area contributed by atoms with Gasteiger partial charge in [-0.25, -0.2) is 14.4 Å². The van der Waals surface area contributed by atoms with E-state index in [9.17, 15) is 28.8 Å². The molecule has 12 nitrogen and oxygen atoms in total. The average molecular weight is 614 g/mol. The number of carbonyl (C=O) groups excluding carboxylic acids is 6. The second-order valence-corrected chi connectivity index (χ2v) is 15.5. The van der Waals surface area contributed by atoms with Crippen LogP contribution in [-0.2, 0) is 23.4 Å². The van der Waals surface area contributed by atoms with Gasteiger partial charge in [-0.3, -0.25) is 14.4 Å². The molecule has 0 spiro atoms. The number of ketones is 3. The summed E-state index contributed by atoms with van der Waals surface area (Å²) in [6.07, 6.45) is -4.60. The molecule has 2 aliphatic rings. The number of carbonyl (C=O) groups is 6. The molecule has 0 bridgehead atoms. The number of hydrogen-bond acceptors (Lipinski definition) is 11. The number of nitrogens with zero attached hydrogens (tertiary/aromatic N) is 1. The lowest BCUT2D eigenvalue weighted by Crippen LogP contribution is -2.52. The van der Waals surface area contributed by atoms with Gasteiger partial charge in [-0.15, -0.1) is 0 Å². The topological polar surface area (TPSA) is 152 Å². The van der Waals surface area contributed by atoms with Crippen LogP contribution in [0.4, 0.5) is 20.1 Å². The Morgan fingerprint density at radius 1 is 0.814 bits per heavy atom. The quantitative estimate of drug-likeness (QED) is 0.164. The first-order valence-electron chi connectivity index (χ1n) is 14.2. The van der Waals surface area contributed by atoms with Crippen molar-refractivity contribution in [2.45, 2.75) is 59.4 Å². The van der Waals surface area contributed by atoms with Crippen LogP contribution in [-0.4, -0.2) is 69.9 Å². The van der Waals surface area contributed by atoms with Crippen molar-refractivity contribution in [2.75, 3.05) is 24.7 Å². The number of amides is 2. The van der Waals surface area contributed by atoms with Gasteiger partial charge in [-0.05, 0) is 40.4 Å². The first-order valence-corrected chi connectivity index (χ1v) is 17.6. The Bertz CT molecular complexity index is 1480. The summed E-state index contributed by atoms with van der Waals surface area (Å²) in [6.45, 7) is 10.1. The van der Waals surface area contributed by atoms with Crippen molar-refractivity contribution in [1.29, 1.82) is 0 Å². The number of anilines is 1. The zero-order chi connectivity index (χ0) is 31.6. The Morgan fingerprint density at radius 2 is 1.40 bits per heavy atom. The maximum absolute atomic E-state index is 14.7. The molecule has 13 heteroatoms. The van der Waals surface area contributed by atoms with E-state index in [2.05, 4.69) is 0 Å². The molecule has 43 heavy (non-hydrogen) atoms. The van der Waals surface area contributed by atoms with Crippen molar-refractivity contribution in [3.05, 3.63) is 35.4 Å². The zero-order valence-corrected chi connectivity index (χ0v) is 26.0. The lowest BCUT2D eigenvalue weighted by atomic mass is 9.65. The third-order valence-electron chi connectivity index (χ3n) is 7.06. The van der Waals surface area contributed by atoms with Gasteiger partial charge in [0.15, 0.2) is 25.6 Å². The number of ether oxygens (including phenoxy) is 4. The fourth-order valence-electron chi connectivity index (χ4n) is 5.66. The molecular formula is C30H35NO11Si. The molecule has 0 radical (unpaired) electrons. The third kappa shape index (κ3) is 6.18. The van der Waals surface area contributed by atoms with Gasteiger partial charge in [0.05, 0.1) is 48.7 Å². The second-order valence-electron chi connectivity index (χ2n) is 11.1. The van der Waals surface area contributed by atoms with Crippen LogP contribution in [0.3, 0.4) is 0 Å². The monoisotopic (exact) mass is 613 g/mol. The Labute approximate surface area is 249 Å². The van der Waals surface area contributed by atoms with E-state index < -0.39 is 56.2 Å². The van der Waals surface area contributed by atoms with Crippen molar-refractivity contribution in [2.24, 2.45) is 11.8 Å². The maximum atomic E-state index is 14.7. The molecule has 230 valence electrons. The van der Waals surface area contributed by atoms with E-state index in [0.717, 1.165) is 0 Å². The highest BCUT2D eigenvalue weighted by Crippen LogP contribution is 2.50. The van der Waals surface area contributed by atoms with Crippen LogP contribution in [0.5, 0.6) is 5.75 Å². The zero-order valence-electron chi connectivity index (χ0n) is 25.0. The van der Waals surface area contributed by atoms with Crippen LogP contribution < -0.4 is 9.64 Å². The Morgan fingerprint density at radius 3 is 1.95 bits per heavy atom. The van der Waals surface area contributed by atoms with Gasteiger partial charge in [0.1, 0.15) is 5.78 Å². The smallest absolute Gasteiger partial charge is 0.449 e.